The third kappa shape index (κ3) is 2.96. The Kier molecular flexibility index (Phi) is 4.48. The third-order valence-corrected chi connectivity index (χ3v) is 3.78. The number of hydrogen-bond donors (Lipinski definition) is 1. The Bertz CT molecular complexity index is 389. The molecule has 0 amide bonds. The van der Waals surface area contributed by atoms with Gasteiger partial charge in [-0.25, -0.2) is 0 Å². The first kappa shape index (κ1) is 13.2. The van der Waals surface area contributed by atoms with Crippen molar-refractivity contribution in [2.24, 2.45) is 0 Å². The SMILES string of the molecule is COc1ccc(C2CCCCC(O)C2)c(OC)c1. The fraction of sp³-hybridized carbons (Fsp3) is 0.600. The molecule has 18 heavy (non-hydrogen) atoms. The van der Waals surface area contributed by atoms with E-state index >= 15 is 0 Å². The molecular formula is C15H22O3. The number of methoxy groups -OCH3 is 2. The van der Waals surface area contributed by atoms with Crippen LogP contribution in [-0.2, 0) is 0 Å². The van der Waals surface area contributed by atoms with Crippen molar-refractivity contribution in [2.75, 3.05) is 14.2 Å². The highest BCUT2D eigenvalue weighted by Crippen LogP contribution is 2.38. The molecule has 0 spiro atoms. The molecular weight excluding hydrogens is 228 g/mol. The summed E-state index contributed by atoms with van der Waals surface area (Å²) >= 11 is 0. The molecule has 3 nitrogen and oxygen atoms in total. The van der Waals surface area contributed by atoms with E-state index in [-0.39, 0.29) is 6.10 Å². The zero-order valence-corrected chi connectivity index (χ0v) is 11.2. The summed E-state index contributed by atoms with van der Waals surface area (Å²) in [6.45, 7) is 0. The Hall–Kier alpha value is -1.22. The van der Waals surface area contributed by atoms with Crippen LogP contribution in [0.15, 0.2) is 18.2 Å². The topological polar surface area (TPSA) is 38.7 Å². The molecule has 1 saturated carbocycles. The van der Waals surface area contributed by atoms with Gasteiger partial charge < -0.3 is 14.6 Å². The smallest absolute Gasteiger partial charge is 0.126 e. The fourth-order valence-electron chi connectivity index (χ4n) is 2.77. The van der Waals surface area contributed by atoms with Crippen LogP contribution in [-0.4, -0.2) is 25.4 Å². The number of benzene rings is 1. The van der Waals surface area contributed by atoms with Crippen LogP contribution < -0.4 is 9.47 Å². The summed E-state index contributed by atoms with van der Waals surface area (Å²) < 4.78 is 10.7. The predicted molar refractivity (Wildman–Crippen MR) is 71.4 cm³/mol. The van der Waals surface area contributed by atoms with Crippen LogP contribution >= 0.6 is 0 Å². The average Bonchev–Trinajstić information content (AvgIpc) is 2.62. The summed E-state index contributed by atoms with van der Waals surface area (Å²) in [4.78, 5) is 0. The zero-order valence-electron chi connectivity index (χ0n) is 11.2. The summed E-state index contributed by atoms with van der Waals surface area (Å²) in [5.41, 5.74) is 1.19. The Morgan fingerprint density at radius 2 is 1.89 bits per heavy atom. The first-order chi connectivity index (χ1) is 8.74. The van der Waals surface area contributed by atoms with Crippen LogP contribution in [0.25, 0.3) is 0 Å². The van der Waals surface area contributed by atoms with Crippen LogP contribution in [0.5, 0.6) is 11.5 Å². The van der Waals surface area contributed by atoms with Crippen LogP contribution in [0.2, 0.25) is 0 Å². The Morgan fingerprint density at radius 1 is 1.11 bits per heavy atom. The molecule has 1 N–H and O–H groups in total. The highest BCUT2D eigenvalue weighted by molar-refractivity contribution is 5.42. The highest BCUT2D eigenvalue weighted by Gasteiger charge is 2.22. The van der Waals surface area contributed by atoms with E-state index in [4.69, 9.17) is 9.47 Å². The van der Waals surface area contributed by atoms with Gasteiger partial charge in [-0.2, -0.15) is 0 Å². The minimum absolute atomic E-state index is 0.177. The molecule has 0 bridgehead atoms. The van der Waals surface area contributed by atoms with E-state index in [0.29, 0.717) is 5.92 Å². The van der Waals surface area contributed by atoms with Crippen molar-refractivity contribution in [3.63, 3.8) is 0 Å². The minimum atomic E-state index is -0.177. The maximum atomic E-state index is 9.92. The molecule has 1 aliphatic carbocycles. The van der Waals surface area contributed by atoms with E-state index in [2.05, 4.69) is 6.07 Å². The molecule has 2 rings (SSSR count). The minimum Gasteiger partial charge on any atom is -0.497 e. The second-order valence-corrected chi connectivity index (χ2v) is 4.98. The number of ether oxygens (including phenoxy) is 2. The van der Waals surface area contributed by atoms with Gasteiger partial charge in [0.1, 0.15) is 11.5 Å². The van der Waals surface area contributed by atoms with Gasteiger partial charge in [0.05, 0.1) is 20.3 Å². The van der Waals surface area contributed by atoms with Gasteiger partial charge in [-0.1, -0.05) is 18.9 Å². The summed E-state index contributed by atoms with van der Waals surface area (Å²) in [7, 11) is 3.34. The van der Waals surface area contributed by atoms with Gasteiger partial charge in [0.25, 0.3) is 0 Å². The zero-order chi connectivity index (χ0) is 13.0. The van der Waals surface area contributed by atoms with Crippen molar-refractivity contribution in [2.45, 2.75) is 44.1 Å². The quantitative estimate of drug-likeness (QED) is 0.838. The number of rotatable bonds is 3. The van der Waals surface area contributed by atoms with Gasteiger partial charge in [-0.05, 0) is 36.8 Å². The molecule has 0 aliphatic heterocycles. The lowest BCUT2D eigenvalue weighted by Crippen LogP contribution is -2.10. The molecule has 1 aromatic carbocycles. The molecule has 100 valence electrons. The van der Waals surface area contributed by atoms with Gasteiger partial charge in [-0.3, -0.25) is 0 Å². The van der Waals surface area contributed by atoms with E-state index in [0.717, 1.165) is 37.2 Å². The van der Waals surface area contributed by atoms with E-state index in [9.17, 15) is 5.11 Å². The van der Waals surface area contributed by atoms with Crippen LogP contribution in [0.1, 0.15) is 43.6 Å². The molecule has 2 atom stereocenters. The lowest BCUT2D eigenvalue weighted by atomic mass is 9.90. The first-order valence-corrected chi connectivity index (χ1v) is 6.64. The molecule has 0 heterocycles. The van der Waals surface area contributed by atoms with Crippen molar-refractivity contribution in [1.82, 2.24) is 0 Å². The highest BCUT2D eigenvalue weighted by atomic mass is 16.5. The number of aliphatic hydroxyl groups is 1. The van der Waals surface area contributed by atoms with Gasteiger partial charge in [0.15, 0.2) is 0 Å². The maximum absolute atomic E-state index is 9.92. The van der Waals surface area contributed by atoms with Crippen LogP contribution in [0, 0.1) is 0 Å². The van der Waals surface area contributed by atoms with Crippen LogP contribution in [0.3, 0.4) is 0 Å². The molecule has 0 radical (unpaired) electrons. The Labute approximate surface area is 109 Å². The van der Waals surface area contributed by atoms with Crippen molar-refractivity contribution in [3.05, 3.63) is 23.8 Å². The van der Waals surface area contributed by atoms with E-state index in [1.54, 1.807) is 14.2 Å². The molecule has 2 unspecified atom stereocenters. The molecule has 1 aromatic rings. The fourth-order valence-corrected chi connectivity index (χ4v) is 2.77. The largest absolute Gasteiger partial charge is 0.497 e. The predicted octanol–water partition coefficient (Wildman–Crippen LogP) is 3.11. The van der Waals surface area contributed by atoms with E-state index in [1.165, 1.54) is 12.0 Å². The molecule has 0 aromatic heterocycles. The molecule has 1 aliphatic rings. The Balaban J connectivity index is 2.25. The Morgan fingerprint density at radius 3 is 2.61 bits per heavy atom. The number of aliphatic hydroxyl groups excluding tert-OH is 1. The summed E-state index contributed by atoms with van der Waals surface area (Å²) in [6, 6.07) is 5.96. The maximum Gasteiger partial charge on any atom is 0.126 e. The molecule has 1 fully saturated rings. The molecule has 3 heteroatoms. The van der Waals surface area contributed by atoms with Gasteiger partial charge in [0, 0.05) is 6.07 Å². The monoisotopic (exact) mass is 250 g/mol. The second kappa shape index (κ2) is 6.10. The van der Waals surface area contributed by atoms with Gasteiger partial charge >= 0.3 is 0 Å². The number of hydrogen-bond acceptors (Lipinski definition) is 3. The van der Waals surface area contributed by atoms with Crippen LogP contribution in [0.4, 0.5) is 0 Å². The lowest BCUT2D eigenvalue weighted by Gasteiger charge is -2.20. The summed E-state index contributed by atoms with van der Waals surface area (Å²) in [5, 5.41) is 9.92. The molecule has 0 saturated heterocycles. The standard InChI is InChI=1S/C15H22O3/c1-17-13-7-8-14(15(10-13)18-2)11-5-3-4-6-12(16)9-11/h7-8,10-12,16H,3-6,9H2,1-2H3. The van der Waals surface area contributed by atoms with E-state index in [1.807, 2.05) is 12.1 Å². The van der Waals surface area contributed by atoms with Gasteiger partial charge in [0.2, 0.25) is 0 Å². The third-order valence-electron chi connectivity index (χ3n) is 3.78. The van der Waals surface area contributed by atoms with Crippen molar-refractivity contribution in [1.29, 1.82) is 0 Å². The first-order valence-electron chi connectivity index (χ1n) is 6.64. The van der Waals surface area contributed by atoms with Crippen molar-refractivity contribution >= 4 is 0 Å². The van der Waals surface area contributed by atoms with Crippen molar-refractivity contribution < 1.29 is 14.6 Å². The second-order valence-electron chi connectivity index (χ2n) is 4.98. The summed E-state index contributed by atoms with van der Waals surface area (Å²) in [6.07, 6.45) is 5.01. The normalized spacial score (nSPS) is 24.4. The van der Waals surface area contributed by atoms with Crippen molar-refractivity contribution in [3.8, 4) is 11.5 Å². The average molecular weight is 250 g/mol. The summed E-state index contributed by atoms with van der Waals surface area (Å²) in [5.74, 6) is 2.07. The lowest BCUT2D eigenvalue weighted by molar-refractivity contribution is 0.151. The van der Waals surface area contributed by atoms with E-state index < -0.39 is 0 Å². The van der Waals surface area contributed by atoms with Gasteiger partial charge in [-0.15, -0.1) is 0 Å².